The molecular formula is C22H29FN2O5. The standard InChI is InChI=1S/C22H29FN2O5/c1-28-19-7-2-15(23)12-20(19)30-18-10-14(11-18)22(27)24-16-3-5-17(6-4-16)25-8-9-29-13-21(25)26/h2,7,12,14,16-18H,3-6,8-11,13H2,1H3,(H,24,27). The molecule has 0 atom stereocenters. The summed E-state index contributed by atoms with van der Waals surface area (Å²) in [6.07, 6.45) is 4.70. The van der Waals surface area contributed by atoms with Crippen LogP contribution in [0.1, 0.15) is 38.5 Å². The molecule has 3 aliphatic rings. The predicted octanol–water partition coefficient (Wildman–Crippen LogP) is 2.28. The first-order chi connectivity index (χ1) is 14.5. The second-order valence-corrected chi connectivity index (χ2v) is 8.36. The van der Waals surface area contributed by atoms with Gasteiger partial charge in [-0.05, 0) is 50.7 Å². The average molecular weight is 420 g/mol. The van der Waals surface area contributed by atoms with Crippen molar-refractivity contribution in [1.29, 1.82) is 0 Å². The van der Waals surface area contributed by atoms with Crippen LogP contribution >= 0.6 is 0 Å². The molecule has 7 nitrogen and oxygen atoms in total. The number of carbonyl (C=O) groups is 2. The van der Waals surface area contributed by atoms with Crippen LogP contribution in [0.25, 0.3) is 0 Å². The lowest BCUT2D eigenvalue weighted by atomic mass is 9.81. The van der Waals surface area contributed by atoms with E-state index in [-0.39, 0.29) is 48.3 Å². The van der Waals surface area contributed by atoms with Gasteiger partial charge in [0.2, 0.25) is 11.8 Å². The highest BCUT2D eigenvalue weighted by molar-refractivity contribution is 5.80. The lowest BCUT2D eigenvalue weighted by Crippen LogP contribution is -2.52. The van der Waals surface area contributed by atoms with Crippen LogP contribution in [0.5, 0.6) is 11.5 Å². The quantitative estimate of drug-likeness (QED) is 0.764. The molecule has 1 saturated heterocycles. The van der Waals surface area contributed by atoms with Crippen molar-refractivity contribution in [3.63, 3.8) is 0 Å². The van der Waals surface area contributed by atoms with E-state index in [4.69, 9.17) is 14.2 Å². The van der Waals surface area contributed by atoms with Gasteiger partial charge in [-0.15, -0.1) is 0 Å². The van der Waals surface area contributed by atoms with Crippen molar-refractivity contribution in [2.75, 3.05) is 26.9 Å². The van der Waals surface area contributed by atoms with Crippen molar-refractivity contribution in [3.05, 3.63) is 24.0 Å². The molecule has 3 fully saturated rings. The highest BCUT2D eigenvalue weighted by atomic mass is 19.1. The normalized spacial score (nSPS) is 29.1. The highest BCUT2D eigenvalue weighted by Gasteiger charge is 2.38. The summed E-state index contributed by atoms with van der Waals surface area (Å²) in [6.45, 7) is 1.46. The van der Waals surface area contributed by atoms with Crippen molar-refractivity contribution in [2.24, 2.45) is 5.92 Å². The lowest BCUT2D eigenvalue weighted by Gasteiger charge is -2.40. The summed E-state index contributed by atoms with van der Waals surface area (Å²) in [5.74, 6) is 0.537. The molecule has 2 saturated carbocycles. The lowest BCUT2D eigenvalue weighted by molar-refractivity contribution is -0.146. The fourth-order valence-corrected chi connectivity index (χ4v) is 4.57. The number of carbonyl (C=O) groups excluding carboxylic acids is 2. The number of hydrogen-bond donors (Lipinski definition) is 1. The van der Waals surface area contributed by atoms with Crippen molar-refractivity contribution >= 4 is 11.8 Å². The fourth-order valence-electron chi connectivity index (χ4n) is 4.57. The minimum absolute atomic E-state index is 0.0620. The molecule has 0 bridgehead atoms. The van der Waals surface area contributed by atoms with Gasteiger partial charge < -0.3 is 24.4 Å². The van der Waals surface area contributed by atoms with Crippen LogP contribution in [0, 0.1) is 11.7 Å². The topological polar surface area (TPSA) is 77.1 Å². The maximum Gasteiger partial charge on any atom is 0.248 e. The molecule has 0 radical (unpaired) electrons. The first kappa shape index (κ1) is 20.9. The van der Waals surface area contributed by atoms with Gasteiger partial charge in [-0.25, -0.2) is 4.39 Å². The van der Waals surface area contributed by atoms with Gasteiger partial charge in [-0.3, -0.25) is 9.59 Å². The van der Waals surface area contributed by atoms with Crippen LogP contribution in [-0.2, 0) is 14.3 Å². The molecule has 0 aromatic heterocycles. The van der Waals surface area contributed by atoms with Crippen LogP contribution in [0.2, 0.25) is 0 Å². The first-order valence-electron chi connectivity index (χ1n) is 10.7. The molecule has 1 aromatic carbocycles. The Labute approximate surface area is 175 Å². The Morgan fingerprint density at radius 3 is 2.67 bits per heavy atom. The van der Waals surface area contributed by atoms with Gasteiger partial charge in [0, 0.05) is 30.6 Å². The van der Waals surface area contributed by atoms with Crippen LogP contribution < -0.4 is 14.8 Å². The molecule has 30 heavy (non-hydrogen) atoms. The number of hydrogen-bond acceptors (Lipinski definition) is 5. The van der Waals surface area contributed by atoms with E-state index in [1.54, 1.807) is 0 Å². The van der Waals surface area contributed by atoms with E-state index in [2.05, 4.69) is 5.32 Å². The molecule has 2 aliphatic carbocycles. The van der Waals surface area contributed by atoms with Gasteiger partial charge in [0.1, 0.15) is 18.5 Å². The maximum absolute atomic E-state index is 13.5. The third-order valence-corrected chi connectivity index (χ3v) is 6.39. The first-order valence-corrected chi connectivity index (χ1v) is 10.7. The number of methoxy groups -OCH3 is 1. The molecular weight excluding hydrogens is 391 g/mol. The van der Waals surface area contributed by atoms with Gasteiger partial charge >= 0.3 is 0 Å². The number of amides is 2. The Bertz CT molecular complexity index is 775. The molecule has 0 spiro atoms. The fraction of sp³-hybridized carbons (Fsp3) is 0.636. The summed E-state index contributed by atoms with van der Waals surface area (Å²) in [6, 6.07) is 4.59. The second-order valence-electron chi connectivity index (χ2n) is 8.36. The minimum atomic E-state index is -0.381. The Hall–Kier alpha value is -2.35. The number of nitrogens with one attached hydrogen (secondary N) is 1. The van der Waals surface area contributed by atoms with Crippen molar-refractivity contribution in [1.82, 2.24) is 10.2 Å². The zero-order valence-electron chi connectivity index (χ0n) is 17.3. The molecule has 1 heterocycles. The Balaban J connectivity index is 1.19. The summed E-state index contributed by atoms with van der Waals surface area (Å²) >= 11 is 0. The van der Waals surface area contributed by atoms with Gasteiger partial charge in [0.15, 0.2) is 11.5 Å². The third kappa shape index (κ3) is 4.69. The average Bonchev–Trinajstić information content (AvgIpc) is 2.71. The van der Waals surface area contributed by atoms with E-state index in [1.165, 1.54) is 25.3 Å². The van der Waals surface area contributed by atoms with E-state index < -0.39 is 0 Å². The number of rotatable bonds is 6. The number of ether oxygens (including phenoxy) is 3. The summed E-state index contributed by atoms with van der Waals surface area (Å²) in [7, 11) is 1.51. The largest absolute Gasteiger partial charge is 0.493 e. The van der Waals surface area contributed by atoms with Gasteiger partial charge in [0.25, 0.3) is 0 Å². The smallest absolute Gasteiger partial charge is 0.248 e. The van der Waals surface area contributed by atoms with E-state index in [9.17, 15) is 14.0 Å². The molecule has 1 aliphatic heterocycles. The van der Waals surface area contributed by atoms with Crippen molar-refractivity contribution in [3.8, 4) is 11.5 Å². The highest BCUT2D eigenvalue weighted by Crippen LogP contribution is 2.36. The molecule has 1 aromatic rings. The van der Waals surface area contributed by atoms with Crippen LogP contribution in [0.3, 0.4) is 0 Å². The van der Waals surface area contributed by atoms with E-state index >= 15 is 0 Å². The zero-order valence-corrected chi connectivity index (χ0v) is 17.3. The van der Waals surface area contributed by atoms with Gasteiger partial charge in [0.05, 0.1) is 13.7 Å². The second kappa shape index (κ2) is 9.20. The number of benzene rings is 1. The van der Waals surface area contributed by atoms with Gasteiger partial charge in [-0.1, -0.05) is 0 Å². The third-order valence-electron chi connectivity index (χ3n) is 6.39. The monoisotopic (exact) mass is 420 g/mol. The van der Waals surface area contributed by atoms with E-state index in [1.807, 2.05) is 4.90 Å². The van der Waals surface area contributed by atoms with Gasteiger partial charge in [-0.2, -0.15) is 0 Å². The number of nitrogens with zero attached hydrogens (tertiary/aromatic N) is 1. The SMILES string of the molecule is COc1ccc(F)cc1OC1CC(C(=O)NC2CCC(N3CCOCC3=O)CC2)C1. The summed E-state index contributed by atoms with van der Waals surface area (Å²) in [5, 5.41) is 3.16. The molecule has 164 valence electrons. The zero-order chi connectivity index (χ0) is 21.1. The molecule has 2 amide bonds. The van der Waals surface area contributed by atoms with Crippen LogP contribution in [0.15, 0.2) is 18.2 Å². The molecule has 0 unspecified atom stereocenters. The van der Waals surface area contributed by atoms with Crippen LogP contribution in [0.4, 0.5) is 4.39 Å². The summed E-state index contributed by atoms with van der Waals surface area (Å²) in [4.78, 5) is 26.5. The van der Waals surface area contributed by atoms with Crippen molar-refractivity contribution < 1.29 is 28.2 Å². The maximum atomic E-state index is 13.5. The molecule has 4 rings (SSSR count). The number of halogens is 1. The van der Waals surface area contributed by atoms with Crippen molar-refractivity contribution in [2.45, 2.75) is 56.7 Å². The minimum Gasteiger partial charge on any atom is -0.493 e. The Morgan fingerprint density at radius 2 is 1.97 bits per heavy atom. The van der Waals surface area contributed by atoms with E-state index in [0.717, 1.165) is 25.7 Å². The van der Waals surface area contributed by atoms with Crippen LogP contribution in [-0.4, -0.2) is 61.8 Å². The summed E-state index contributed by atoms with van der Waals surface area (Å²) < 4.78 is 29.7. The molecule has 8 heteroatoms. The van der Waals surface area contributed by atoms with E-state index in [0.29, 0.717) is 37.5 Å². The Kier molecular flexibility index (Phi) is 6.41. The Morgan fingerprint density at radius 1 is 1.20 bits per heavy atom. The predicted molar refractivity (Wildman–Crippen MR) is 107 cm³/mol. The number of morpholine rings is 1. The molecule has 1 N–H and O–H groups in total. The summed E-state index contributed by atoms with van der Waals surface area (Å²) in [5.41, 5.74) is 0.